The summed E-state index contributed by atoms with van der Waals surface area (Å²) in [5, 5.41) is 45.4. The van der Waals surface area contributed by atoms with Gasteiger partial charge in [0.05, 0.1) is 11.6 Å². The average molecular weight is 561 g/mol. The lowest BCUT2D eigenvalue weighted by molar-refractivity contribution is -0.153. The van der Waals surface area contributed by atoms with Gasteiger partial charge in [-0.3, -0.25) is 19.3 Å². The van der Waals surface area contributed by atoms with Crippen molar-refractivity contribution in [3.05, 3.63) is 45.5 Å². The van der Waals surface area contributed by atoms with E-state index in [-0.39, 0.29) is 35.3 Å². The van der Waals surface area contributed by atoms with E-state index in [0.717, 1.165) is 25.7 Å². The van der Waals surface area contributed by atoms with E-state index in [9.17, 15) is 34.8 Å². The highest BCUT2D eigenvalue weighted by Gasteiger charge is 2.64. The third-order valence-electron chi connectivity index (χ3n) is 8.77. The van der Waals surface area contributed by atoms with Gasteiger partial charge >= 0.3 is 0 Å². The summed E-state index contributed by atoms with van der Waals surface area (Å²) in [7, 11) is 3.05. The number of hydrogen-bond acceptors (Lipinski definition) is 9. The molecule has 5 rings (SSSR count). The Labute approximate surface area is 229 Å². The number of primary amides is 1. The van der Waals surface area contributed by atoms with Crippen molar-refractivity contribution in [3.8, 4) is 5.75 Å². The van der Waals surface area contributed by atoms with Crippen LogP contribution in [0.1, 0.15) is 55.2 Å². The van der Waals surface area contributed by atoms with E-state index < -0.39 is 63.9 Å². The number of carbonyl (C=O) groups is 3. The quantitative estimate of drug-likeness (QED) is 0.341. The summed E-state index contributed by atoms with van der Waals surface area (Å²) >= 11 is 1.62. The molecule has 4 aliphatic carbocycles. The predicted octanol–water partition coefficient (Wildman–Crippen LogP) is 2.67. The minimum atomic E-state index is -2.72. The molecule has 4 aliphatic rings. The first-order chi connectivity index (χ1) is 18.4. The molecule has 9 nitrogen and oxygen atoms in total. The van der Waals surface area contributed by atoms with Crippen LogP contribution in [0.25, 0.3) is 5.76 Å². The molecule has 4 unspecified atom stereocenters. The molecule has 1 amide bonds. The third-order valence-corrected chi connectivity index (χ3v) is 10.2. The molecule has 6 N–H and O–H groups in total. The van der Waals surface area contributed by atoms with E-state index in [1.807, 2.05) is 0 Å². The Bertz CT molecular complexity index is 1330. The van der Waals surface area contributed by atoms with Gasteiger partial charge < -0.3 is 26.2 Å². The molecule has 1 aromatic carbocycles. The van der Waals surface area contributed by atoms with Crippen molar-refractivity contribution >= 4 is 35.0 Å². The Morgan fingerprint density at radius 2 is 1.85 bits per heavy atom. The van der Waals surface area contributed by atoms with Gasteiger partial charge in [0.25, 0.3) is 5.91 Å². The van der Waals surface area contributed by atoms with Crippen molar-refractivity contribution in [2.45, 2.75) is 67.6 Å². The summed E-state index contributed by atoms with van der Waals surface area (Å²) in [5.41, 5.74) is 1.61. The fourth-order valence-corrected chi connectivity index (χ4v) is 8.17. The van der Waals surface area contributed by atoms with Crippen LogP contribution in [0.5, 0.6) is 5.75 Å². The summed E-state index contributed by atoms with van der Waals surface area (Å²) in [6.07, 6.45) is 5.39. The standard InChI is InChI=1S/C28H33FN2O7S/c1-31(2)21-16-9-12-8-15-17(29)10-13(11-39-14-6-4-3-5-7-14)22(32)19(15)23(33)18(12)25(35)28(16,38)26(36)20(24(21)34)27(30)37/h10,12,14,16,21,32-33,36,38H,3-9,11H2,1-2H3,(H2,30,37). The molecule has 0 saturated heterocycles. The molecule has 210 valence electrons. The summed E-state index contributed by atoms with van der Waals surface area (Å²) in [4.78, 5) is 40.5. The molecule has 0 radical (unpaired) electrons. The molecule has 0 spiro atoms. The van der Waals surface area contributed by atoms with Crippen LogP contribution in [0.2, 0.25) is 0 Å². The number of carbonyl (C=O) groups excluding carboxylic acids is 3. The SMILES string of the molecule is CN(C)C1C(=O)C(C(N)=O)=C(O)C2(O)C(=O)C3=C(O)c4c(O)c(CSC5CCCCC5)cc(F)c4CC3CC12. The number of aromatic hydroxyl groups is 1. The van der Waals surface area contributed by atoms with Gasteiger partial charge in [0.1, 0.15) is 28.7 Å². The minimum Gasteiger partial charge on any atom is -0.508 e. The first-order valence-electron chi connectivity index (χ1n) is 13.2. The summed E-state index contributed by atoms with van der Waals surface area (Å²) < 4.78 is 15.4. The van der Waals surface area contributed by atoms with E-state index in [2.05, 4.69) is 0 Å². The Kier molecular flexibility index (Phi) is 7.05. The maximum absolute atomic E-state index is 15.4. The fraction of sp³-hybridized carbons (Fsp3) is 0.536. The second kappa shape index (κ2) is 9.94. The summed E-state index contributed by atoms with van der Waals surface area (Å²) in [6, 6.07) is 0.0869. The smallest absolute Gasteiger partial charge is 0.255 e. The van der Waals surface area contributed by atoms with Gasteiger partial charge in [-0.25, -0.2) is 4.39 Å². The number of Topliss-reactive ketones (excluding diaryl/α,β-unsaturated/α-hetero) is 2. The van der Waals surface area contributed by atoms with Crippen molar-refractivity contribution in [2.75, 3.05) is 14.1 Å². The number of likely N-dealkylation sites (N-methyl/N-ethyl adjacent to an activating group) is 1. The number of halogens is 1. The zero-order valence-corrected chi connectivity index (χ0v) is 22.7. The number of thioether (sulfide) groups is 1. The molecule has 1 aromatic rings. The van der Waals surface area contributed by atoms with Gasteiger partial charge in [-0.05, 0) is 51.8 Å². The topological polar surface area (TPSA) is 161 Å². The molecule has 2 saturated carbocycles. The number of nitrogens with two attached hydrogens (primary N) is 1. The van der Waals surface area contributed by atoms with Gasteiger partial charge in [-0.2, -0.15) is 11.8 Å². The van der Waals surface area contributed by atoms with E-state index in [4.69, 9.17) is 5.73 Å². The maximum Gasteiger partial charge on any atom is 0.255 e. The van der Waals surface area contributed by atoms with Crippen LogP contribution in [0, 0.1) is 17.7 Å². The molecule has 0 aliphatic heterocycles. The second-order valence-corrected chi connectivity index (χ2v) is 12.5. The van der Waals surface area contributed by atoms with Crippen LogP contribution in [-0.2, 0) is 26.6 Å². The van der Waals surface area contributed by atoms with Crippen molar-refractivity contribution in [2.24, 2.45) is 17.6 Å². The molecular formula is C28H33FN2O7S. The number of nitrogens with zero attached hydrogens (tertiary/aromatic N) is 1. The van der Waals surface area contributed by atoms with Crippen molar-refractivity contribution in [3.63, 3.8) is 0 Å². The fourth-order valence-electron chi connectivity index (χ4n) is 6.87. The van der Waals surface area contributed by atoms with E-state index >= 15 is 4.39 Å². The van der Waals surface area contributed by atoms with Gasteiger partial charge in [0.15, 0.2) is 11.4 Å². The number of phenolic OH excluding ortho intramolecular Hbond substituents is 1. The lowest BCUT2D eigenvalue weighted by Crippen LogP contribution is -2.65. The third kappa shape index (κ3) is 4.17. The highest BCUT2D eigenvalue weighted by atomic mass is 32.2. The molecule has 39 heavy (non-hydrogen) atoms. The Morgan fingerprint density at radius 3 is 2.46 bits per heavy atom. The molecule has 0 heterocycles. The number of rotatable bonds is 5. The van der Waals surface area contributed by atoms with Crippen LogP contribution in [0.15, 0.2) is 23.0 Å². The normalized spacial score (nSPS) is 29.4. The van der Waals surface area contributed by atoms with Gasteiger partial charge in [-0.15, -0.1) is 0 Å². The molecule has 2 fully saturated rings. The number of ketones is 2. The predicted molar refractivity (Wildman–Crippen MR) is 142 cm³/mol. The molecule has 11 heteroatoms. The lowest BCUT2D eigenvalue weighted by atomic mass is 9.57. The number of aliphatic hydroxyl groups is 3. The number of aliphatic hydroxyl groups excluding tert-OH is 2. The zero-order valence-electron chi connectivity index (χ0n) is 21.9. The maximum atomic E-state index is 15.4. The first-order valence-corrected chi connectivity index (χ1v) is 14.2. The van der Waals surface area contributed by atoms with E-state index in [1.165, 1.54) is 31.5 Å². The molecular weight excluding hydrogens is 527 g/mol. The lowest BCUT2D eigenvalue weighted by Gasteiger charge is -2.50. The van der Waals surface area contributed by atoms with Crippen molar-refractivity contribution in [1.82, 2.24) is 4.90 Å². The summed E-state index contributed by atoms with van der Waals surface area (Å²) in [5.74, 6) is -7.68. The van der Waals surface area contributed by atoms with Crippen LogP contribution < -0.4 is 5.73 Å². The monoisotopic (exact) mass is 560 g/mol. The highest BCUT2D eigenvalue weighted by molar-refractivity contribution is 7.99. The van der Waals surface area contributed by atoms with Crippen molar-refractivity contribution in [1.29, 1.82) is 0 Å². The summed E-state index contributed by atoms with van der Waals surface area (Å²) in [6.45, 7) is 0. The molecule has 0 aromatic heterocycles. The largest absolute Gasteiger partial charge is 0.508 e. The van der Waals surface area contributed by atoms with Crippen LogP contribution >= 0.6 is 11.8 Å². The van der Waals surface area contributed by atoms with Crippen LogP contribution in [-0.4, -0.2) is 73.8 Å². The van der Waals surface area contributed by atoms with E-state index in [0.29, 0.717) is 16.6 Å². The van der Waals surface area contributed by atoms with Gasteiger partial charge in [0, 0.05) is 33.6 Å². The molecule has 4 atom stereocenters. The number of fused-ring (bicyclic) bond motifs is 3. The number of amides is 1. The minimum absolute atomic E-state index is 0.0459. The second-order valence-electron chi connectivity index (χ2n) is 11.3. The number of benzene rings is 1. The Balaban J connectivity index is 1.60. The van der Waals surface area contributed by atoms with Crippen LogP contribution in [0.3, 0.4) is 0 Å². The van der Waals surface area contributed by atoms with Crippen LogP contribution in [0.4, 0.5) is 4.39 Å². The first kappa shape index (κ1) is 27.7. The van der Waals surface area contributed by atoms with Gasteiger partial charge in [-0.1, -0.05) is 19.3 Å². The van der Waals surface area contributed by atoms with E-state index in [1.54, 1.807) is 11.8 Å². The highest BCUT2D eigenvalue weighted by Crippen LogP contribution is 2.53. The number of phenols is 1. The van der Waals surface area contributed by atoms with Gasteiger partial charge in [0.2, 0.25) is 5.78 Å². The Hall–Kier alpha value is -2.89. The molecule has 0 bridgehead atoms. The zero-order chi connectivity index (χ0) is 28.4. The average Bonchev–Trinajstić information content (AvgIpc) is 2.87. The Morgan fingerprint density at radius 1 is 1.18 bits per heavy atom. The van der Waals surface area contributed by atoms with Crippen molar-refractivity contribution < 1.29 is 39.2 Å². The number of hydrogen-bond donors (Lipinski definition) is 5.